The molecule has 0 heterocycles. The lowest BCUT2D eigenvalue weighted by Crippen LogP contribution is -2.20. The Morgan fingerprint density at radius 3 is 2.56 bits per heavy atom. The van der Waals surface area contributed by atoms with Gasteiger partial charge in [0.1, 0.15) is 0 Å². The molecule has 0 amide bonds. The predicted molar refractivity (Wildman–Crippen MR) is 65.5 cm³/mol. The van der Waals surface area contributed by atoms with Crippen LogP contribution in [0.5, 0.6) is 0 Å². The smallest absolute Gasteiger partial charge is 0.378 e. The van der Waals surface area contributed by atoms with Gasteiger partial charge in [-0.05, 0) is 5.56 Å². The number of carbonyl (C=O) groups excluding carboxylic acids is 2. The molecule has 18 heavy (non-hydrogen) atoms. The first-order chi connectivity index (χ1) is 8.67. The van der Waals surface area contributed by atoms with E-state index in [4.69, 9.17) is 5.11 Å². The number of aliphatic hydroxyl groups is 1. The average molecular weight is 249 g/mol. The summed E-state index contributed by atoms with van der Waals surface area (Å²) in [5.74, 6) is -1.76. The van der Waals surface area contributed by atoms with Gasteiger partial charge in [0, 0.05) is 18.3 Å². The molecule has 1 rings (SSSR count). The molecule has 0 atom stereocenters. The van der Waals surface area contributed by atoms with Gasteiger partial charge < -0.3 is 15.2 Å². The number of rotatable bonds is 6. The van der Waals surface area contributed by atoms with E-state index < -0.39 is 11.8 Å². The molecule has 5 nitrogen and oxygen atoms in total. The van der Waals surface area contributed by atoms with Crippen molar-refractivity contribution in [3.05, 3.63) is 47.7 Å². The average Bonchev–Trinajstić information content (AvgIpc) is 2.43. The van der Waals surface area contributed by atoms with Crippen molar-refractivity contribution in [2.45, 2.75) is 6.54 Å². The van der Waals surface area contributed by atoms with Gasteiger partial charge in [-0.15, -0.1) is 0 Å². The van der Waals surface area contributed by atoms with Crippen molar-refractivity contribution in [2.75, 3.05) is 13.7 Å². The van der Waals surface area contributed by atoms with Gasteiger partial charge >= 0.3 is 5.97 Å². The quantitative estimate of drug-likeness (QED) is 0.433. The van der Waals surface area contributed by atoms with Gasteiger partial charge in [0.05, 0.1) is 13.7 Å². The second-order valence-electron chi connectivity index (χ2n) is 3.52. The maximum atomic E-state index is 11.3. The van der Waals surface area contributed by atoms with Gasteiger partial charge in [-0.2, -0.15) is 0 Å². The number of methoxy groups -OCH3 is 1. The number of ether oxygens (including phenoxy) is 1. The first kappa shape index (κ1) is 13.9. The van der Waals surface area contributed by atoms with Crippen LogP contribution in [0.2, 0.25) is 0 Å². The molecular weight excluding hydrogens is 234 g/mol. The third-order valence-electron chi connectivity index (χ3n) is 2.22. The van der Waals surface area contributed by atoms with E-state index in [2.05, 4.69) is 10.1 Å². The van der Waals surface area contributed by atoms with Crippen molar-refractivity contribution >= 4 is 11.8 Å². The Hall–Kier alpha value is -2.14. The summed E-state index contributed by atoms with van der Waals surface area (Å²) in [4.78, 5) is 22.2. The minimum absolute atomic E-state index is 0.272. The molecule has 96 valence electrons. The molecule has 0 fully saturated rings. The number of carbonyl (C=O) groups is 2. The highest BCUT2D eigenvalue weighted by atomic mass is 16.5. The Morgan fingerprint density at radius 2 is 2.00 bits per heavy atom. The molecule has 0 aromatic heterocycles. The van der Waals surface area contributed by atoms with E-state index in [9.17, 15) is 9.59 Å². The lowest BCUT2D eigenvalue weighted by molar-refractivity contribution is -0.149. The van der Waals surface area contributed by atoms with E-state index in [1.54, 1.807) is 0 Å². The number of benzene rings is 1. The zero-order chi connectivity index (χ0) is 13.4. The number of aliphatic hydroxyl groups excluding tert-OH is 1. The zero-order valence-electron chi connectivity index (χ0n) is 10.1. The van der Waals surface area contributed by atoms with Crippen molar-refractivity contribution in [2.24, 2.45) is 0 Å². The number of hydrogen-bond donors (Lipinski definition) is 2. The first-order valence-corrected chi connectivity index (χ1v) is 5.39. The molecule has 0 aliphatic carbocycles. The highest BCUT2D eigenvalue weighted by molar-refractivity contribution is 6.38. The fourth-order valence-corrected chi connectivity index (χ4v) is 1.28. The van der Waals surface area contributed by atoms with Gasteiger partial charge in [-0.3, -0.25) is 4.79 Å². The van der Waals surface area contributed by atoms with Crippen LogP contribution in [0, 0.1) is 0 Å². The van der Waals surface area contributed by atoms with Crippen LogP contribution < -0.4 is 5.32 Å². The van der Waals surface area contributed by atoms with Gasteiger partial charge in [0.2, 0.25) is 0 Å². The molecule has 0 unspecified atom stereocenters. The number of nitrogens with one attached hydrogen (secondary N) is 1. The lowest BCUT2D eigenvalue weighted by atomic mass is 10.2. The van der Waals surface area contributed by atoms with Crippen molar-refractivity contribution in [3.63, 3.8) is 0 Å². The predicted octanol–water partition coefficient (Wildman–Crippen LogP) is 0.394. The van der Waals surface area contributed by atoms with Crippen LogP contribution in [0.25, 0.3) is 0 Å². The SMILES string of the molecule is COC(=O)C(=O)C=C(CO)NCc1ccccc1. The molecule has 0 saturated carbocycles. The first-order valence-electron chi connectivity index (χ1n) is 5.39. The highest BCUT2D eigenvalue weighted by Gasteiger charge is 2.11. The third kappa shape index (κ3) is 4.39. The van der Waals surface area contributed by atoms with E-state index in [0.29, 0.717) is 6.54 Å². The fraction of sp³-hybridized carbons (Fsp3) is 0.231. The Morgan fingerprint density at radius 1 is 1.33 bits per heavy atom. The van der Waals surface area contributed by atoms with Gasteiger partial charge in [-0.25, -0.2) is 4.79 Å². The van der Waals surface area contributed by atoms with Crippen LogP contribution in [0.15, 0.2) is 42.1 Å². The third-order valence-corrected chi connectivity index (χ3v) is 2.22. The summed E-state index contributed by atoms with van der Waals surface area (Å²) in [6.45, 7) is 0.108. The molecule has 0 spiro atoms. The number of esters is 1. The van der Waals surface area contributed by atoms with E-state index >= 15 is 0 Å². The van der Waals surface area contributed by atoms with Gasteiger partial charge in [-0.1, -0.05) is 30.3 Å². The van der Waals surface area contributed by atoms with E-state index in [1.165, 1.54) is 0 Å². The summed E-state index contributed by atoms with van der Waals surface area (Å²) in [5, 5.41) is 12.0. The second-order valence-corrected chi connectivity index (χ2v) is 3.52. The van der Waals surface area contributed by atoms with Crippen LogP contribution in [0.1, 0.15) is 5.56 Å². The summed E-state index contributed by atoms with van der Waals surface area (Å²) >= 11 is 0. The van der Waals surface area contributed by atoms with E-state index in [1.807, 2.05) is 30.3 Å². The number of hydrogen-bond acceptors (Lipinski definition) is 5. The Balaban J connectivity index is 2.60. The molecule has 0 aliphatic rings. The monoisotopic (exact) mass is 249 g/mol. The minimum Gasteiger partial charge on any atom is -0.463 e. The minimum atomic E-state index is -0.956. The van der Waals surface area contributed by atoms with E-state index in [-0.39, 0.29) is 12.3 Å². The van der Waals surface area contributed by atoms with E-state index in [0.717, 1.165) is 18.7 Å². The Labute approximate surface area is 105 Å². The topological polar surface area (TPSA) is 75.6 Å². The summed E-state index contributed by atoms with van der Waals surface area (Å²) < 4.78 is 4.28. The Bertz CT molecular complexity index is 440. The maximum absolute atomic E-state index is 11.3. The molecular formula is C13H15NO4. The summed E-state index contributed by atoms with van der Waals surface area (Å²) in [6, 6.07) is 9.49. The van der Waals surface area contributed by atoms with Crippen LogP contribution in [0.3, 0.4) is 0 Å². The standard InChI is InChI=1S/C13H15NO4/c1-18-13(17)12(16)7-11(9-15)14-8-10-5-3-2-4-6-10/h2-7,14-15H,8-9H2,1H3. The maximum Gasteiger partial charge on any atom is 0.378 e. The van der Waals surface area contributed by atoms with Crippen LogP contribution in [-0.4, -0.2) is 30.6 Å². The van der Waals surface area contributed by atoms with Crippen molar-refractivity contribution < 1.29 is 19.4 Å². The summed E-state index contributed by atoms with van der Waals surface area (Å²) in [7, 11) is 1.13. The van der Waals surface area contributed by atoms with Crippen LogP contribution in [0.4, 0.5) is 0 Å². The van der Waals surface area contributed by atoms with Gasteiger partial charge in [0.15, 0.2) is 0 Å². The Kier molecular flexibility index (Phi) is 5.60. The molecule has 0 bridgehead atoms. The highest BCUT2D eigenvalue weighted by Crippen LogP contribution is 1.99. The number of ketones is 1. The fourth-order valence-electron chi connectivity index (χ4n) is 1.28. The van der Waals surface area contributed by atoms with Gasteiger partial charge in [0.25, 0.3) is 5.78 Å². The lowest BCUT2D eigenvalue weighted by Gasteiger charge is -2.08. The van der Waals surface area contributed by atoms with Crippen molar-refractivity contribution in [1.82, 2.24) is 5.32 Å². The molecule has 1 aromatic rings. The molecule has 5 heteroatoms. The normalized spacial score (nSPS) is 10.9. The summed E-state index contributed by atoms with van der Waals surface area (Å²) in [6.07, 6.45) is 1.04. The molecule has 0 saturated heterocycles. The van der Waals surface area contributed by atoms with Crippen LogP contribution >= 0.6 is 0 Å². The molecule has 0 radical (unpaired) electrons. The zero-order valence-corrected chi connectivity index (χ0v) is 10.1. The molecule has 2 N–H and O–H groups in total. The molecule has 0 aliphatic heterocycles. The molecule has 1 aromatic carbocycles. The summed E-state index contributed by atoms with van der Waals surface area (Å²) in [5.41, 5.74) is 1.27. The van der Waals surface area contributed by atoms with Crippen LogP contribution in [-0.2, 0) is 20.9 Å². The largest absolute Gasteiger partial charge is 0.463 e. The van der Waals surface area contributed by atoms with Crippen molar-refractivity contribution in [1.29, 1.82) is 0 Å². The van der Waals surface area contributed by atoms with Crippen molar-refractivity contribution in [3.8, 4) is 0 Å². The second kappa shape index (κ2) is 7.24.